The minimum Gasteiger partial charge on any atom is -0.394 e. The van der Waals surface area contributed by atoms with E-state index in [-0.39, 0.29) is 17.2 Å². The van der Waals surface area contributed by atoms with Crippen molar-refractivity contribution < 1.29 is 9.22 Å². The Labute approximate surface area is 120 Å². The van der Waals surface area contributed by atoms with Gasteiger partial charge in [0.05, 0.1) is 10.6 Å². The minimum absolute atomic E-state index is 0.0963. The SMILES string of the molecule is CC(C)(C)[Si](C)(C)OC1NC(=O)c2c(Cl)cccc21. The quantitative estimate of drug-likeness (QED) is 0.835. The number of carbonyl (C=O) groups excluding carboxylic acids is 1. The molecule has 1 aromatic rings. The molecule has 5 heteroatoms. The van der Waals surface area contributed by atoms with Crippen LogP contribution in [0, 0.1) is 0 Å². The molecule has 0 aromatic heterocycles. The molecule has 1 heterocycles. The summed E-state index contributed by atoms with van der Waals surface area (Å²) in [6.07, 6.45) is -0.373. The number of nitrogens with one attached hydrogen (secondary N) is 1. The topological polar surface area (TPSA) is 38.3 Å². The third kappa shape index (κ3) is 2.57. The number of amides is 1. The minimum atomic E-state index is -1.94. The fourth-order valence-corrected chi connectivity index (χ4v) is 3.23. The molecule has 2 rings (SSSR count). The van der Waals surface area contributed by atoms with Crippen molar-refractivity contribution in [2.75, 3.05) is 0 Å². The summed E-state index contributed by atoms with van der Waals surface area (Å²) in [7, 11) is -1.94. The third-order valence-electron chi connectivity index (χ3n) is 4.04. The first-order chi connectivity index (χ1) is 8.63. The second-order valence-electron chi connectivity index (χ2n) is 6.44. The zero-order chi connectivity index (χ0) is 14.4. The van der Waals surface area contributed by atoms with Gasteiger partial charge in [-0.15, -0.1) is 0 Å². The first kappa shape index (κ1) is 14.6. The van der Waals surface area contributed by atoms with Crippen molar-refractivity contribution in [3.63, 3.8) is 0 Å². The van der Waals surface area contributed by atoms with Crippen molar-refractivity contribution in [1.29, 1.82) is 0 Å². The van der Waals surface area contributed by atoms with Crippen LogP contribution in [0.1, 0.15) is 42.9 Å². The molecule has 1 aromatic carbocycles. The van der Waals surface area contributed by atoms with Crippen molar-refractivity contribution in [3.8, 4) is 0 Å². The summed E-state index contributed by atoms with van der Waals surface area (Å²) in [5.74, 6) is -0.149. The van der Waals surface area contributed by atoms with Crippen LogP contribution in [0.5, 0.6) is 0 Å². The number of hydrogen-bond acceptors (Lipinski definition) is 2. The van der Waals surface area contributed by atoms with E-state index in [1.807, 2.05) is 12.1 Å². The van der Waals surface area contributed by atoms with Crippen LogP contribution in [-0.4, -0.2) is 14.2 Å². The molecule has 1 aliphatic rings. The second kappa shape index (κ2) is 4.61. The Morgan fingerprint density at radius 3 is 2.53 bits per heavy atom. The van der Waals surface area contributed by atoms with Crippen LogP contribution < -0.4 is 5.32 Å². The highest BCUT2D eigenvalue weighted by Crippen LogP contribution is 2.41. The lowest BCUT2D eigenvalue weighted by Crippen LogP contribution is -2.43. The molecule has 104 valence electrons. The van der Waals surface area contributed by atoms with Gasteiger partial charge in [-0.05, 0) is 24.2 Å². The summed E-state index contributed by atoms with van der Waals surface area (Å²) in [5.41, 5.74) is 1.40. The van der Waals surface area contributed by atoms with Crippen LogP contribution in [0.2, 0.25) is 23.2 Å². The summed E-state index contributed by atoms with van der Waals surface area (Å²) in [6.45, 7) is 10.9. The Hall–Kier alpha value is -0.843. The highest BCUT2D eigenvalue weighted by Gasteiger charge is 2.42. The maximum Gasteiger partial charge on any atom is 0.255 e. The van der Waals surface area contributed by atoms with E-state index < -0.39 is 8.32 Å². The Morgan fingerprint density at radius 2 is 1.95 bits per heavy atom. The van der Waals surface area contributed by atoms with Gasteiger partial charge >= 0.3 is 0 Å². The molecule has 0 fully saturated rings. The van der Waals surface area contributed by atoms with Crippen molar-refractivity contribution >= 4 is 25.8 Å². The van der Waals surface area contributed by atoms with Crippen LogP contribution in [0.25, 0.3) is 0 Å². The van der Waals surface area contributed by atoms with E-state index >= 15 is 0 Å². The number of rotatable bonds is 2. The molecule has 1 N–H and O–H groups in total. The smallest absolute Gasteiger partial charge is 0.255 e. The lowest BCUT2D eigenvalue weighted by Gasteiger charge is -2.38. The molecule has 0 saturated carbocycles. The largest absolute Gasteiger partial charge is 0.394 e. The van der Waals surface area contributed by atoms with Crippen molar-refractivity contribution in [2.45, 2.75) is 45.1 Å². The number of hydrogen-bond donors (Lipinski definition) is 1. The predicted molar refractivity (Wildman–Crippen MR) is 79.9 cm³/mol. The number of benzene rings is 1. The van der Waals surface area contributed by atoms with Gasteiger partial charge in [0.25, 0.3) is 5.91 Å². The van der Waals surface area contributed by atoms with Crippen molar-refractivity contribution in [3.05, 3.63) is 34.3 Å². The summed E-state index contributed by atoms with van der Waals surface area (Å²) < 4.78 is 6.26. The summed E-state index contributed by atoms with van der Waals surface area (Å²) in [6, 6.07) is 5.48. The van der Waals surface area contributed by atoms with Crippen LogP contribution in [-0.2, 0) is 4.43 Å². The van der Waals surface area contributed by atoms with Gasteiger partial charge in [0.15, 0.2) is 8.32 Å². The lowest BCUT2D eigenvalue weighted by atomic mass is 10.1. The Bertz CT molecular complexity index is 523. The van der Waals surface area contributed by atoms with Crippen LogP contribution >= 0.6 is 11.6 Å². The number of halogens is 1. The van der Waals surface area contributed by atoms with E-state index in [2.05, 4.69) is 39.2 Å². The Kier molecular flexibility index (Phi) is 3.54. The van der Waals surface area contributed by atoms with Crippen molar-refractivity contribution in [2.24, 2.45) is 0 Å². The van der Waals surface area contributed by atoms with Gasteiger partial charge in [-0.3, -0.25) is 4.79 Å². The zero-order valence-electron chi connectivity index (χ0n) is 12.0. The molecule has 0 bridgehead atoms. The molecule has 0 radical (unpaired) electrons. The monoisotopic (exact) mass is 297 g/mol. The molecule has 1 amide bonds. The van der Waals surface area contributed by atoms with E-state index in [4.69, 9.17) is 16.0 Å². The molecule has 3 nitrogen and oxygen atoms in total. The summed E-state index contributed by atoms with van der Waals surface area (Å²) in [5, 5.41) is 3.46. The van der Waals surface area contributed by atoms with Gasteiger partial charge in [0.2, 0.25) is 0 Å². The fraction of sp³-hybridized carbons (Fsp3) is 0.500. The molecular weight excluding hydrogens is 278 g/mol. The number of carbonyl (C=O) groups is 1. The molecular formula is C14H20ClNO2Si. The molecule has 19 heavy (non-hydrogen) atoms. The average Bonchev–Trinajstić information content (AvgIpc) is 2.54. The van der Waals surface area contributed by atoms with E-state index in [0.717, 1.165) is 5.56 Å². The van der Waals surface area contributed by atoms with Gasteiger partial charge in [-0.25, -0.2) is 0 Å². The Morgan fingerprint density at radius 1 is 1.32 bits per heavy atom. The summed E-state index contributed by atoms with van der Waals surface area (Å²) >= 11 is 6.09. The second-order valence-corrected chi connectivity index (χ2v) is 11.6. The lowest BCUT2D eigenvalue weighted by molar-refractivity contribution is 0.0865. The fourth-order valence-electron chi connectivity index (χ4n) is 1.83. The first-order valence-corrected chi connectivity index (χ1v) is 9.69. The molecule has 1 unspecified atom stereocenters. The molecule has 0 aliphatic carbocycles. The van der Waals surface area contributed by atoms with E-state index in [9.17, 15) is 4.79 Å². The first-order valence-electron chi connectivity index (χ1n) is 6.40. The maximum atomic E-state index is 12.0. The van der Waals surface area contributed by atoms with Crippen LogP contribution in [0.4, 0.5) is 0 Å². The van der Waals surface area contributed by atoms with Crippen molar-refractivity contribution in [1.82, 2.24) is 5.32 Å². The van der Waals surface area contributed by atoms with Crippen LogP contribution in [0.3, 0.4) is 0 Å². The Balaban J connectivity index is 2.32. The van der Waals surface area contributed by atoms with E-state index in [1.54, 1.807) is 6.07 Å². The van der Waals surface area contributed by atoms with Gasteiger partial charge in [0, 0.05) is 5.56 Å². The van der Waals surface area contributed by atoms with E-state index in [1.165, 1.54) is 0 Å². The zero-order valence-corrected chi connectivity index (χ0v) is 13.8. The number of fused-ring (bicyclic) bond motifs is 1. The van der Waals surface area contributed by atoms with Gasteiger partial charge < -0.3 is 9.74 Å². The van der Waals surface area contributed by atoms with Crippen LogP contribution in [0.15, 0.2) is 18.2 Å². The van der Waals surface area contributed by atoms with Gasteiger partial charge in [-0.1, -0.05) is 44.5 Å². The predicted octanol–water partition coefficient (Wildman–Crippen LogP) is 4.10. The third-order valence-corrected chi connectivity index (χ3v) is 8.79. The maximum absolute atomic E-state index is 12.0. The normalized spacial score (nSPS) is 19.3. The molecule has 1 aliphatic heterocycles. The van der Waals surface area contributed by atoms with E-state index in [0.29, 0.717) is 10.6 Å². The molecule has 0 saturated heterocycles. The highest BCUT2D eigenvalue weighted by atomic mass is 35.5. The average molecular weight is 298 g/mol. The standard InChI is InChI=1S/C14H20ClNO2Si/c1-14(2,3)19(4,5)18-13-9-7-6-8-10(15)11(9)12(17)16-13/h6-8,13H,1-5H3,(H,16,17). The molecule has 0 spiro atoms. The van der Waals surface area contributed by atoms with Gasteiger partial charge in [-0.2, -0.15) is 0 Å². The summed E-state index contributed by atoms with van der Waals surface area (Å²) in [4.78, 5) is 12.0. The molecule has 1 atom stereocenters. The van der Waals surface area contributed by atoms with Gasteiger partial charge in [0.1, 0.15) is 6.23 Å². The highest BCUT2D eigenvalue weighted by molar-refractivity contribution is 6.74.